The summed E-state index contributed by atoms with van der Waals surface area (Å²) in [6.07, 6.45) is 2.42. The molecule has 0 N–H and O–H groups in total. The van der Waals surface area contributed by atoms with Crippen molar-refractivity contribution in [3.8, 4) is 5.75 Å². The van der Waals surface area contributed by atoms with Gasteiger partial charge in [-0.3, -0.25) is 9.80 Å². The zero-order chi connectivity index (χ0) is 22.7. The minimum atomic E-state index is 0.583. The molecule has 4 heterocycles. The van der Waals surface area contributed by atoms with Gasteiger partial charge in [-0.1, -0.05) is 29.4 Å². The summed E-state index contributed by atoms with van der Waals surface area (Å²) in [7, 11) is 0. The molecular formula is C27H34N4O3. The van der Waals surface area contributed by atoms with Gasteiger partial charge in [0.15, 0.2) is 11.4 Å². The van der Waals surface area contributed by atoms with Crippen LogP contribution in [0.5, 0.6) is 5.75 Å². The lowest BCUT2D eigenvalue weighted by Crippen LogP contribution is -2.57. The highest BCUT2D eigenvalue weighted by Crippen LogP contribution is 2.31. The molecule has 0 saturated carbocycles. The van der Waals surface area contributed by atoms with Crippen LogP contribution < -0.4 is 9.64 Å². The van der Waals surface area contributed by atoms with Crippen molar-refractivity contribution in [1.82, 2.24) is 15.0 Å². The van der Waals surface area contributed by atoms with E-state index >= 15 is 0 Å². The van der Waals surface area contributed by atoms with Crippen LogP contribution in [0, 0.1) is 5.92 Å². The van der Waals surface area contributed by atoms with Crippen LogP contribution in [0.15, 0.2) is 53.1 Å². The van der Waals surface area contributed by atoms with Crippen LogP contribution in [-0.2, 0) is 11.3 Å². The third-order valence-corrected chi connectivity index (χ3v) is 7.58. The van der Waals surface area contributed by atoms with E-state index < -0.39 is 0 Å². The van der Waals surface area contributed by atoms with Crippen LogP contribution in [0.1, 0.15) is 18.4 Å². The normalized spacial score (nSPS) is 24.3. The average Bonchev–Trinajstić information content (AvgIpc) is 3.33. The van der Waals surface area contributed by atoms with Crippen molar-refractivity contribution >= 4 is 16.8 Å². The minimum absolute atomic E-state index is 0.583. The third kappa shape index (κ3) is 4.78. The molecule has 0 spiro atoms. The predicted molar refractivity (Wildman–Crippen MR) is 132 cm³/mol. The van der Waals surface area contributed by atoms with Gasteiger partial charge in [0.2, 0.25) is 0 Å². The van der Waals surface area contributed by atoms with Gasteiger partial charge in [-0.2, -0.15) is 0 Å². The third-order valence-electron chi connectivity index (χ3n) is 7.58. The Hall–Kier alpha value is -2.61. The predicted octanol–water partition coefficient (Wildman–Crippen LogP) is 3.64. The lowest BCUT2D eigenvalue weighted by atomic mass is 9.91. The standard InChI is InChI=1S/C27H34N4O3/c1-2-4-26-25(3-1)27(28-34-26)31-12-11-30-18-22(5-8-23(30)19-31)20-33-24-9-6-21(7-10-24)17-29-13-15-32-16-14-29/h1-4,6-7,9-10,22-23H,5,8,11-20H2. The number of hydrogen-bond acceptors (Lipinski definition) is 7. The highest BCUT2D eigenvalue weighted by Gasteiger charge is 2.34. The molecule has 3 fully saturated rings. The number of morpholine rings is 1. The number of rotatable bonds is 6. The minimum Gasteiger partial charge on any atom is -0.493 e. The fourth-order valence-corrected chi connectivity index (χ4v) is 5.61. The summed E-state index contributed by atoms with van der Waals surface area (Å²) in [5.41, 5.74) is 2.21. The molecule has 0 amide bonds. The maximum Gasteiger partial charge on any atom is 0.180 e. The molecule has 3 aliphatic heterocycles. The van der Waals surface area contributed by atoms with E-state index in [4.69, 9.17) is 14.0 Å². The Bertz CT molecular complexity index is 1080. The smallest absolute Gasteiger partial charge is 0.180 e. The maximum atomic E-state index is 6.21. The molecule has 3 aliphatic rings. The summed E-state index contributed by atoms with van der Waals surface area (Å²) in [5.74, 6) is 2.57. The van der Waals surface area contributed by atoms with Gasteiger partial charge in [-0.05, 0) is 42.7 Å². The van der Waals surface area contributed by atoms with Gasteiger partial charge in [0.1, 0.15) is 5.75 Å². The molecule has 3 saturated heterocycles. The molecule has 34 heavy (non-hydrogen) atoms. The van der Waals surface area contributed by atoms with Crippen molar-refractivity contribution in [2.45, 2.75) is 25.4 Å². The lowest BCUT2D eigenvalue weighted by Gasteiger charge is -2.46. The molecule has 6 rings (SSSR count). The van der Waals surface area contributed by atoms with Gasteiger partial charge in [0.25, 0.3) is 0 Å². The number of piperazine rings is 1. The zero-order valence-corrected chi connectivity index (χ0v) is 19.8. The first-order valence-corrected chi connectivity index (χ1v) is 12.7. The maximum absolute atomic E-state index is 6.21. The molecule has 0 bridgehead atoms. The Morgan fingerprint density at radius 3 is 2.65 bits per heavy atom. The Morgan fingerprint density at radius 1 is 0.912 bits per heavy atom. The molecule has 1 aromatic heterocycles. The number of fused-ring (bicyclic) bond motifs is 2. The second kappa shape index (κ2) is 9.94. The molecule has 3 aromatic rings. The Kier molecular flexibility index (Phi) is 6.40. The first kappa shape index (κ1) is 21.9. The van der Waals surface area contributed by atoms with Gasteiger partial charge < -0.3 is 18.9 Å². The molecule has 7 nitrogen and oxygen atoms in total. The summed E-state index contributed by atoms with van der Waals surface area (Å²) in [5, 5.41) is 5.50. The summed E-state index contributed by atoms with van der Waals surface area (Å²) < 4.78 is 17.2. The van der Waals surface area contributed by atoms with E-state index in [-0.39, 0.29) is 0 Å². The van der Waals surface area contributed by atoms with Gasteiger partial charge in [0.05, 0.1) is 25.2 Å². The van der Waals surface area contributed by atoms with Crippen LogP contribution in [-0.4, -0.2) is 80.1 Å². The van der Waals surface area contributed by atoms with Crippen LogP contribution >= 0.6 is 0 Å². The van der Waals surface area contributed by atoms with Crippen molar-refractivity contribution in [3.05, 3.63) is 54.1 Å². The second-order valence-corrected chi connectivity index (χ2v) is 9.88. The number of piperidine rings is 1. The van der Waals surface area contributed by atoms with E-state index in [0.717, 1.165) is 88.2 Å². The van der Waals surface area contributed by atoms with Crippen molar-refractivity contribution in [2.24, 2.45) is 5.92 Å². The molecule has 2 unspecified atom stereocenters. The molecule has 2 aromatic carbocycles. The van der Waals surface area contributed by atoms with Gasteiger partial charge in [0, 0.05) is 57.8 Å². The van der Waals surface area contributed by atoms with Crippen molar-refractivity contribution in [3.63, 3.8) is 0 Å². The fraction of sp³-hybridized carbons (Fsp3) is 0.519. The topological polar surface area (TPSA) is 54.2 Å². The first-order chi connectivity index (χ1) is 16.8. The average molecular weight is 463 g/mol. The fourth-order valence-electron chi connectivity index (χ4n) is 5.61. The van der Waals surface area contributed by atoms with Crippen LogP contribution in [0.3, 0.4) is 0 Å². The summed E-state index contributed by atoms with van der Waals surface area (Å²) in [4.78, 5) is 7.51. The highest BCUT2D eigenvalue weighted by molar-refractivity contribution is 5.88. The van der Waals surface area contributed by atoms with Crippen LogP contribution in [0.4, 0.5) is 5.82 Å². The first-order valence-electron chi connectivity index (χ1n) is 12.7. The highest BCUT2D eigenvalue weighted by atomic mass is 16.5. The SMILES string of the molecule is c1ccc2c(N3CCN4CC(COc5ccc(CN6CCOCC6)cc5)CCC4C3)noc2c1. The van der Waals surface area contributed by atoms with E-state index in [2.05, 4.69) is 56.3 Å². The Labute approximate surface area is 201 Å². The van der Waals surface area contributed by atoms with E-state index in [1.54, 1.807) is 0 Å². The molecule has 0 radical (unpaired) electrons. The van der Waals surface area contributed by atoms with Gasteiger partial charge in [-0.25, -0.2) is 0 Å². The number of nitrogens with zero attached hydrogens (tertiary/aromatic N) is 4. The Morgan fingerprint density at radius 2 is 1.76 bits per heavy atom. The van der Waals surface area contributed by atoms with Crippen molar-refractivity contribution < 1.29 is 14.0 Å². The number of aromatic nitrogens is 1. The molecule has 0 aliphatic carbocycles. The second-order valence-electron chi connectivity index (χ2n) is 9.88. The van der Waals surface area contributed by atoms with E-state index in [0.29, 0.717) is 12.0 Å². The molecule has 7 heteroatoms. The Balaban J connectivity index is 0.987. The molecular weight excluding hydrogens is 428 g/mol. The monoisotopic (exact) mass is 462 g/mol. The van der Waals surface area contributed by atoms with Gasteiger partial charge in [-0.15, -0.1) is 0 Å². The van der Waals surface area contributed by atoms with Gasteiger partial charge >= 0.3 is 0 Å². The number of benzene rings is 2. The van der Waals surface area contributed by atoms with Crippen LogP contribution in [0.25, 0.3) is 11.0 Å². The van der Waals surface area contributed by atoms with Crippen molar-refractivity contribution in [2.75, 3.05) is 64.0 Å². The van der Waals surface area contributed by atoms with Crippen molar-refractivity contribution in [1.29, 1.82) is 0 Å². The lowest BCUT2D eigenvalue weighted by molar-refractivity contribution is 0.0342. The van der Waals surface area contributed by atoms with E-state index in [9.17, 15) is 0 Å². The van der Waals surface area contributed by atoms with E-state index in [1.807, 2.05) is 12.1 Å². The number of hydrogen-bond donors (Lipinski definition) is 0. The number of ether oxygens (including phenoxy) is 2. The summed E-state index contributed by atoms with van der Waals surface area (Å²) in [6.45, 7) is 9.71. The largest absolute Gasteiger partial charge is 0.493 e. The molecule has 180 valence electrons. The summed E-state index contributed by atoms with van der Waals surface area (Å²) in [6, 6.07) is 17.4. The van der Waals surface area contributed by atoms with E-state index in [1.165, 1.54) is 18.4 Å². The number of anilines is 1. The number of para-hydroxylation sites is 1. The molecule has 2 atom stereocenters. The van der Waals surface area contributed by atoms with Crippen LogP contribution in [0.2, 0.25) is 0 Å². The zero-order valence-electron chi connectivity index (χ0n) is 19.8. The summed E-state index contributed by atoms with van der Waals surface area (Å²) >= 11 is 0. The quantitative estimate of drug-likeness (QED) is 0.554.